The summed E-state index contributed by atoms with van der Waals surface area (Å²) >= 11 is 1.90. The van der Waals surface area contributed by atoms with Crippen molar-refractivity contribution >= 4 is 11.8 Å². The molecule has 0 fully saturated rings. The van der Waals surface area contributed by atoms with Gasteiger partial charge in [0.1, 0.15) is 17.6 Å². The molecule has 0 bridgehead atoms. The Kier molecular flexibility index (Phi) is 15.0. The minimum atomic E-state index is -0.104. The highest BCUT2D eigenvalue weighted by Crippen LogP contribution is 2.26. The van der Waals surface area contributed by atoms with E-state index in [-0.39, 0.29) is 17.6 Å². The number of thioether (sulfide) groups is 1. The van der Waals surface area contributed by atoms with Gasteiger partial charge in [0, 0.05) is 0 Å². The van der Waals surface area contributed by atoms with Crippen LogP contribution in [0.4, 0.5) is 0 Å². The average Bonchev–Trinajstić information content (AvgIpc) is 2.92. The lowest BCUT2D eigenvalue weighted by Gasteiger charge is -2.32. The molecule has 3 nitrogen and oxygen atoms in total. The van der Waals surface area contributed by atoms with Crippen molar-refractivity contribution in [2.24, 2.45) is 0 Å². The van der Waals surface area contributed by atoms with Crippen LogP contribution in [0.3, 0.4) is 0 Å². The van der Waals surface area contributed by atoms with Crippen LogP contribution in [-0.4, -0.2) is 30.0 Å². The van der Waals surface area contributed by atoms with Crippen LogP contribution in [0.2, 0.25) is 0 Å². The molecule has 0 unspecified atom stereocenters. The maximum absolute atomic E-state index is 6.44. The van der Waals surface area contributed by atoms with E-state index in [2.05, 4.69) is 43.3 Å². The van der Waals surface area contributed by atoms with Crippen LogP contribution in [0.25, 0.3) is 0 Å². The number of hydrogen-bond donors (Lipinski definition) is 0. The van der Waals surface area contributed by atoms with Crippen molar-refractivity contribution in [2.45, 2.75) is 102 Å². The van der Waals surface area contributed by atoms with E-state index in [0.717, 1.165) is 5.75 Å². The number of ether oxygens (including phenoxy) is 3. The van der Waals surface area contributed by atoms with Crippen LogP contribution in [0.5, 0.6) is 0 Å². The van der Waals surface area contributed by atoms with Gasteiger partial charge in [0.25, 0.3) is 0 Å². The second-order valence-corrected chi connectivity index (χ2v) is 10.9. The predicted molar refractivity (Wildman–Crippen MR) is 153 cm³/mol. The summed E-state index contributed by atoms with van der Waals surface area (Å²) in [5.74, 6) is 1.14. The zero-order chi connectivity index (χ0) is 25.1. The average molecular weight is 511 g/mol. The molecule has 3 rings (SSSR count). The van der Waals surface area contributed by atoms with E-state index in [0.29, 0.717) is 19.8 Å². The molecule has 2 aromatic carbocycles. The molecular weight excluding hydrogens is 464 g/mol. The number of rotatable bonds is 19. The smallest absolute Gasteiger partial charge is 0.122 e. The van der Waals surface area contributed by atoms with Gasteiger partial charge < -0.3 is 14.2 Å². The third-order valence-electron chi connectivity index (χ3n) is 6.59. The summed E-state index contributed by atoms with van der Waals surface area (Å²) in [6.07, 6.45) is 17.9. The Labute approximate surface area is 224 Å². The third kappa shape index (κ3) is 12.1. The topological polar surface area (TPSA) is 27.7 Å². The first kappa shape index (κ1) is 29.0. The molecule has 0 saturated carbocycles. The molecule has 198 valence electrons. The fourth-order valence-corrected chi connectivity index (χ4v) is 5.46. The zero-order valence-electron chi connectivity index (χ0n) is 22.2. The molecule has 0 spiro atoms. The zero-order valence-corrected chi connectivity index (χ0v) is 23.0. The standard InChI is InChI=1S/C32H46O3S/c1-2-3-4-5-6-7-8-9-10-17-24-36-32-23-22-30(34-26-29-20-15-12-16-21-29)31(35-32)27-33-25-28-18-13-11-14-19-28/h11-16,18-23,30-32H,2-10,17,24-27H2,1H3/t30-,31+,32+/m0/s1. The number of hydrogen-bond acceptors (Lipinski definition) is 4. The van der Waals surface area contributed by atoms with Gasteiger partial charge in [0.2, 0.25) is 0 Å². The van der Waals surface area contributed by atoms with Gasteiger partial charge in [-0.2, -0.15) is 0 Å². The van der Waals surface area contributed by atoms with Crippen LogP contribution in [0.15, 0.2) is 72.8 Å². The van der Waals surface area contributed by atoms with Gasteiger partial charge in [-0.25, -0.2) is 0 Å². The van der Waals surface area contributed by atoms with Gasteiger partial charge in [-0.05, 0) is 29.4 Å². The summed E-state index contributed by atoms with van der Waals surface area (Å²) in [6.45, 7) is 3.97. The Bertz CT molecular complexity index is 811. The Morgan fingerprint density at radius 1 is 0.694 bits per heavy atom. The maximum Gasteiger partial charge on any atom is 0.122 e. The van der Waals surface area contributed by atoms with E-state index >= 15 is 0 Å². The number of unbranched alkanes of at least 4 members (excludes halogenated alkanes) is 9. The molecule has 1 aliphatic heterocycles. The molecule has 36 heavy (non-hydrogen) atoms. The highest BCUT2D eigenvalue weighted by atomic mass is 32.2. The third-order valence-corrected chi connectivity index (χ3v) is 7.71. The summed E-state index contributed by atoms with van der Waals surface area (Å²) in [6, 6.07) is 20.6. The first-order valence-electron chi connectivity index (χ1n) is 14.1. The Hall–Kier alpha value is -1.59. The summed E-state index contributed by atoms with van der Waals surface area (Å²) in [5.41, 5.74) is 2.43. The molecule has 0 saturated heterocycles. The van der Waals surface area contributed by atoms with Gasteiger partial charge in [-0.15, -0.1) is 11.8 Å². The van der Waals surface area contributed by atoms with Gasteiger partial charge in [-0.1, -0.05) is 131 Å². The molecule has 0 radical (unpaired) electrons. The van der Waals surface area contributed by atoms with Crippen LogP contribution >= 0.6 is 11.8 Å². The molecule has 2 aromatic rings. The van der Waals surface area contributed by atoms with E-state index in [1.54, 1.807) is 0 Å². The van der Waals surface area contributed by atoms with Gasteiger partial charge in [0.05, 0.1) is 19.8 Å². The SMILES string of the molecule is CCCCCCCCCCCCS[C@@H]1C=C[C@H](OCc2ccccc2)[C@@H](COCc2ccccc2)O1. The van der Waals surface area contributed by atoms with Crippen LogP contribution in [0.1, 0.15) is 82.3 Å². The highest BCUT2D eigenvalue weighted by molar-refractivity contribution is 7.99. The second-order valence-electron chi connectivity index (χ2n) is 9.74. The quantitative estimate of drug-likeness (QED) is 0.139. The summed E-state index contributed by atoms with van der Waals surface area (Å²) in [7, 11) is 0. The van der Waals surface area contributed by atoms with Crippen LogP contribution in [0, 0.1) is 0 Å². The molecule has 3 atom stereocenters. The van der Waals surface area contributed by atoms with Crippen molar-refractivity contribution < 1.29 is 14.2 Å². The highest BCUT2D eigenvalue weighted by Gasteiger charge is 2.28. The van der Waals surface area contributed by atoms with Crippen molar-refractivity contribution in [3.8, 4) is 0 Å². The van der Waals surface area contributed by atoms with Gasteiger partial charge in [-0.3, -0.25) is 0 Å². The Morgan fingerprint density at radius 2 is 1.28 bits per heavy atom. The fourth-order valence-electron chi connectivity index (χ4n) is 4.43. The van der Waals surface area contributed by atoms with Crippen molar-refractivity contribution in [2.75, 3.05) is 12.4 Å². The summed E-state index contributed by atoms with van der Waals surface area (Å²) in [4.78, 5) is 0. The van der Waals surface area contributed by atoms with E-state index in [4.69, 9.17) is 14.2 Å². The van der Waals surface area contributed by atoms with Gasteiger partial charge >= 0.3 is 0 Å². The predicted octanol–water partition coefficient (Wildman–Crippen LogP) is 8.72. The van der Waals surface area contributed by atoms with E-state index in [1.165, 1.54) is 75.3 Å². The molecule has 4 heteroatoms. The van der Waals surface area contributed by atoms with Crippen molar-refractivity contribution in [1.29, 1.82) is 0 Å². The largest absolute Gasteiger partial charge is 0.374 e. The van der Waals surface area contributed by atoms with Crippen molar-refractivity contribution in [1.82, 2.24) is 0 Å². The van der Waals surface area contributed by atoms with Crippen molar-refractivity contribution in [3.05, 3.63) is 83.9 Å². The minimum Gasteiger partial charge on any atom is -0.374 e. The lowest BCUT2D eigenvalue weighted by Crippen LogP contribution is -2.39. The molecule has 0 aliphatic carbocycles. The van der Waals surface area contributed by atoms with E-state index in [9.17, 15) is 0 Å². The van der Waals surface area contributed by atoms with Crippen LogP contribution in [-0.2, 0) is 27.4 Å². The Balaban J connectivity index is 1.36. The van der Waals surface area contributed by atoms with Crippen molar-refractivity contribution in [3.63, 3.8) is 0 Å². The van der Waals surface area contributed by atoms with E-state index in [1.807, 2.05) is 48.2 Å². The minimum absolute atomic E-state index is 0.0745. The first-order valence-corrected chi connectivity index (χ1v) is 15.1. The molecule has 0 aromatic heterocycles. The summed E-state index contributed by atoms with van der Waals surface area (Å²) in [5, 5.41) is 0. The van der Waals surface area contributed by atoms with Gasteiger partial charge in [0.15, 0.2) is 0 Å². The van der Waals surface area contributed by atoms with E-state index < -0.39 is 0 Å². The Morgan fingerprint density at radius 3 is 1.92 bits per heavy atom. The molecule has 1 heterocycles. The fraction of sp³-hybridized carbons (Fsp3) is 0.562. The molecular formula is C32H46O3S. The molecule has 0 N–H and O–H groups in total. The lowest BCUT2D eigenvalue weighted by atomic mass is 10.1. The lowest BCUT2D eigenvalue weighted by molar-refractivity contribution is -0.101. The normalized spacial score (nSPS) is 19.5. The van der Waals surface area contributed by atoms with Crippen LogP contribution < -0.4 is 0 Å². The number of benzene rings is 2. The maximum atomic E-state index is 6.44. The first-order chi connectivity index (χ1) is 17.8. The monoisotopic (exact) mass is 510 g/mol. The molecule has 1 aliphatic rings. The summed E-state index contributed by atoms with van der Waals surface area (Å²) < 4.78 is 18.7. The second kappa shape index (κ2) is 18.6. The molecule has 0 amide bonds.